The molecule has 1 aliphatic heterocycles. The molecule has 0 spiro atoms. The van der Waals surface area contributed by atoms with E-state index in [1.54, 1.807) is 4.90 Å². The smallest absolute Gasteiger partial charge is 0.287 e. The van der Waals surface area contributed by atoms with Crippen molar-refractivity contribution in [1.82, 2.24) is 10.2 Å². The molecule has 0 aromatic rings. The minimum absolute atomic E-state index is 0.0704. The maximum atomic E-state index is 13.6. The number of nitrogens with two attached hydrogens (primary N) is 2. The van der Waals surface area contributed by atoms with Gasteiger partial charge in [0.25, 0.3) is 5.91 Å². The van der Waals surface area contributed by atoms with Gasteiger partial charge in [-0.05, 0) is 53.8 Å². The van der Waals surface area contributed by atoms with Crippen LogP contribution in [0.15, 0.2) is 0 Å². The van der Waals surface area contributed by atoms with Gasteiger partial charge in [0, 0.05) is 6.54 Å². The lowest BCUT2D eigenvalue weighted by atomic mass is 9.51. The summed E-state index contributed by atoms with van der Waals surface area (Å²) in [6.45, 7) is 13.0. The van der Waals surface area contributed by atoms with Crippen LogP contribution < -0.4 is 16.8 Å². The number of hydrogen-bond donors (Lipinski definition) is 3. The van der Waals surface area contributed by atoms with E-state index in [1.807, 2.05) is 20.8 Å². The zero-order valence-corrected chi connectivity index (χ0v) is 22.5. The number of carbonyl (C=O) groups excluding carboxylic acids is 4. The second kappa shape index (κ2) is 9.83. The summed E-state index contributed by atoms with van der Waals surface area (Å²) in [4.78, 5) is 53.0. The van der Waals surface area contributed by atoms with E-state index in [9.17, 15) is 19.2 Å². The van der Waals surface area contributed by atoms with Crippen LogP contribution in [0, 0.1) is 28.1 Å². The largest absolute Gasteiger partial charge is 0.363 e. The molecule has 2 unspecified atom stereocenters. The van der Waals surface area contributed by atoms with Crippen molar-refractivity contribution < 1.29 is 19.2 Å². The molecular formula is C27H46N4O4. The van der Waals surface area contributed by atoms with Gasteiger partial charge in [-0.15, -0.1) is 0 Å². The molecule has 1 saturated heterocycles. The number of Topliss-reactive ketones (excluding diaryl/α,β-unsaturated/α-hetero) is 1. The number of amides is 3. The summed E-state index contributed by atoms with van der Waals surface area (Å²) in [6, 6.07) is -2.43. The molecule has 0 aromatic heterocycles. The molecule has 3 amide bonds. The van der Waals surface area contributed by atoms with Gasteiger partial charge in [-0.2, -0.15) is 0 Å². The maximum absolute atomic E-state index is 13.6. The first kappa shape index (κ1) is 27.6. The van der Waals surface area contributed by atoms with Gasteiger partial charge in [0.1, 0.15) is 6.04 Å². The molecular weight excluding hydrogens is 444 g/mol. The number of nitrogens with one attached hydrogen (secondary N) is 1. The molecule has 5 N–H and O–H groups in total. The number of nitrogens with zero attached hydrogens (tertiary/aromatic N) is 1. The van der Waals surface area contributed by atoms with Crippen LogP contribution in [-0.2, 0) is 19.2 Å². The summed E-state index contributed by atoms with van der Waals surface area (Å²) in [5.74, 6) is -2.03. The number of primary amides is 1. The summed E-state index contributed by atoms with van der Waals surface area (Å²) in [6.07, 6.45) is 7.43. The Labute approximate surface area is 210 Å². The minimum Gasteiger partial charge on any atom is -0.363 e. The number of hydrogen-bond acceptors (Lipinski definition) is 5. The average Bonchev–Trinajstić information content (AvgIpc) is 3.17. The molecule has 35 heavy (non-hydrogen) atoms. The van der Waals surface area contributed by atoms with Gasteiger partial charge in [0.15, 0.2) is 0 Å². The molecule has 3 fully saturated rings. The molecule has 8 heteroatoms. The van der Waals surface area contributed by atoms with E-state index in [-0.39, 0.29) is 22.7 Å². The number of carbonyl (C=O) groups is 4. The molecule has 0 radical (unpaired) electrons. The van der Waals surface area contributed by atoms with Gasteiger partial charge in [0.2, 0.25) is 17.6 Å². The van der Waals surface area contributed by atoms with Crippen LogP contribution in [-0.4, -0.2) is 53.1 Å². The summed E-state index contributed by atoms with van der Waals surface area (Å²) in [5.41, 5.74) is 11.3. The van der Waals surface area contributed by atoms with Crippen LogP contribution >= 0.6 is 0 Å². The Morgan fingerprint density at radius 2 is 1.66 bits per heavy atom. The number of likely N-dealkylation sites (tertiary alicyclic amines) is 1. The summed E-state index contributed by atoms with van der Waals surface area (Å²) in [7, 11) is 0. The van der Waals surface area contributed by atoms with Crippen LogP contribution in [0.25, 0.3) is 0 Å². The molecule has 198 valence electrons. The molecule has 0 aromatic carbocycles. The predicted octanol–water partition coefficient (Wildman–Crippen LogP) is 2.52. The Morgan fingerprint density at radius 3 is 2.09 bits per heavy atom. The van der Waals surface area contributed by atoms with Crippen molar-refractivity contribution in [3.8, 4) is 0 Å². The first-order valence-corrected chi connectivity index (χ1v) is 13.3. The van der Waals surface area contributed by atoms with Crippen molar-refractivity contribution in [1.29, 1.82) is 0 Å². The van der Waals surface area contributed by atoms with Crippen molar-refractivity contribution in [2.45, 2.75) is 111 Å². The van der Waals surface area contributed by atoms with Gasteiger partial charge < -0.3 is 21.7 Å². The number of ketones is 1. The van der Waals surface area contributed by atoms with Crippen LogP contribution in [0.4, 0.5) is 0 Å². The van der Waals surface area contributed by atoms with E-state index in [2.05, 4.69) is 26.1 Å². The minimum atomic E-state index is -1.04. The van der Waals surface area contributed by atoms with Crippen molar-refractivity contribution >= 4 is 23.5 Å². The molecule has 0 bridgehead atoms. The molecule has 1 heterocycles. The zero-order chi connectivity index (χ0) is 26.3. The van der Waals surface area contributed by atoms with E-state index < -0.39 is 41.1 Å². The lowest BCUT2D eigenvalue weighted by Gasteiger charge is -2.54. The van der Waals surface area contributed by atoms with Crippen molar-refractivity contribution in [3.05, 3.63) is 0 Å². The number of rotatable bonds is 9. The highest BCUT2D eigenvalue weighted by molar-refractivity contribution is 6.37. The van der Waals surface area contributed by atoms with Gasteiger partial charge in [0.05, 0.1) is 12.1 Å². The predicted molar refractivity (Wildman–Crippen MR) is 135 cm³/mol. The Balaban J connectivity index is 1.85. The quantitative estimate of drug-likeness (QED) is 0.427. The van der Waals surface area contributed by atoms with Crippen LogP contribution in [0.3, 0.4) is 0 Å². The first-order chi connectivity index (χ1) is 16.1. The zero-order valence-electron chi connectivity index (χ0n) is 22.5. The molecule has 8 nitrogen and oxygen atoms in total. The van der Waals surface area contributed by atoms with E-state index in [0.717, 1.165) is 32.1 Å². The molecule has 3 rings (SSSR count). The normalized spacial score (nSPS) is 26.3. The van der Waals surface area contributed by atoms with Gasteiger partial charge in [-0.3, -0.25) is 19.2 Å². The second-order valence-electron chi connectivity index (χ2n) is 13.2. The maximum Gasteiger partial charge on any atom is 0.287 e. The SMILES string of the molecule is CC(C)(C)[C@H](N)C(=O)N1CC(C(C)(C)C2(C)CCC2)C[C@H]1C(=O)NC(CC1CCC1)C(=O)C(N)=O. The van der Waals surface area contributed by atoms with Crippen LogP contribution in [0.2, 0.25) is 0 Å². The Morgan fingerprint density at radius 1 is 1.06 bits per heavy atom. The third-order valence-electron chi connectivity index (χ3n) is 9.79. The lowest BCUT2D eigenvalue weighted by Crippen LogP contribution is -2.57. The summed E-state index contributed by atoms with van der Waals surface area (Å²) >= 11 is 0. The fourth-order valence-electron chi connectivity index (χ4n) is 5.98. The molecule has 2 saturated carbocycles. The molecule has 2 aliphatic carbocycles. The highest BCUT2D eigenvalue weighted by atomic mass is 16.2. The van der Waals surface area contributed by atoms with Crippen LogP contribution in [0.5, 0.6) is 0 Å². The van der Waals surface area contributed by atoms with Gasteiger partial charge >= 0.3 is 0 Å². The highest BCUT2D eigenvalue weighted by Gasteiger charge is 2.54. The van der Waals surface area contributed by atoms with Gasteiger partial charge in [-0.1, -0.05) is 67.2 Å². The average molecular weight is 491 g/mol. The van der Waals surface area contributed by atoms with E-state index in [1.165, 1.54) is 6.42 Å². The van der Waals surface area contributed by atoms with Crippen LogP contribution in [0.1, 0.15) is 92.9 Å². The van der Waals surface area contributed by atoms with Crippen molar-refractivity contribution in [3.63, 3.8) is 0 Å². The topological polar surface area (TPSA) is 136 Å². The second-order valence-corrected chi connectivity index (χ2v) is 13.2. The fourth-order valence-corrected chi connectivity index (χ4v) is 5.98. The first-order valence-electron chi connectivity index (χ1n) is 13.3. The van der Waals surface area contributed by atoms with E-state index in [0.29, 0.717) is 25.3 Å². The Hall–Kier alpha value is -1.96. The molecule has 3 aliphatic rings. The summed E-state index contributed by atoms with van der Waals surface area (Å²) in [5, 5.41) is 2.82. The van der Waals surface area contributed by atoms with Gasteiger partial charge in [-0.25, -0.2) is 0 Å². The monoisotopic (exact) mass is 490 g/mol. The standard InChI is InChI=1S/C27H46N4O4/c1-25(2,3)21(28)24(35)31-15-17(26(4,5)27(6)11-8-12-27)14-19(31)23(34)30-18(20(32)22(29)33)13-16-9-7-10-16/h16-19,21H,7-15,28H2,1-6H3,(H2,29,33)(H,30,34)/t17?,18?,19-,21+/m0/s1. The third kappa shape index (κ3) is 5.42. The van der Waals surface area contributed by atoms with E-state index >= 15 is 0 Å². The van der Waals surface area contributed by atoms with Crippen molar-refractivity contribution in [2.24, 2.45) is 39.5 Å². The third-order valence-corrected chi connectivity index (χ3v) is 9.79. The Kier molecular flexibility index (Phi) is 7.76. The highest BCUT2D eigenvalue weighted by Crippen LogP contribution is 2.58. The summed E-state index contributed by atoms with van der Waals surface area (Å²) < 4.78 is 0. The van der Waals surface area contributed by atoms with Crippen molar-refractivity contribution in [2.75, 3.05) is 6.54 Å². The lowest BCUT2D eigenvalue weighted by molar-refractivity contribution is -0.143. The fraction of sp³-hybridized carbons (Fsp3) is 0.852. The Bertz CT molecular complexity index is 854. The van der Waals surface area contributed by atoms with E-state index in [4.69, 9.17) is 11.5 Å². The molecule has 4 atom stereocenters.